The number of hydrogen-bond acceptors (Lipinski definition) is 2. The molecule has 0 radical (unpaired) electrons. The van der Waals surface area contributed by atoms with Gasteiger partial charge in [0.1, 0.15) is 17.1 Å². The fourth-order valence-corrected chi connectivity index (χ4v) is 4.32. The van der Waals surface area contributed by atoms with Crippen molar-refractivity contribution in [1.82, 2.24) is 0 Å². The SMILES string of the molecule is CC1(C)CCCC2(C)Oc3cc(Br)c(O)cc3CC12. The molecule has 2 nitrogen and oxygen atoms in total. The first-order valence-corrected chi connectivity index (χ1v) is 7.81. The molecule has 1 aromatic rings. The second-order valence-corrected chi connectivity index (χ2v) is 7.78. The Kier molecular flexibility index (Phi) is 2.90. The standard InChI is InChI=1S/C16H21BrO2/c1-15(2)5-4-6-16(3)14(15)8-10-7-12(18)11(17)9-13(10)19-16/h7,9,14,18H,4-6,8H2,1-3H3. The van der Waals surface area contributed by atoms with Crippen molar-refractivity contribution in [3.8, 4) is 11.5 Å². The van der Waals surface area contributed by atoms with Crippen molar-refractivity contribution in [3.05, 3.63) is 22.2 Å². The summed E-state index contributed by atoms with van der Waals surface area (Å²) in [4.78, 5) is 0. The van der Waals surface area contributed by atoms with Crippen LogP contribution in [0.15, 0.2) is 16.6 Å². The van der Waals surface area contributed by atoms with Crippen LogP contribution in [0.1, 0.15) is 45.6 Å². The third-order valence-electron chi connectivity index (χ3n) is 5.07. The molecule has 2 atom stereocenters. The Morgan fingerprint density at radius 1 is 1.26 bits per heavy atom. The van der Waals surface area contributed by atoms with Crippen LogP contribution in [0.4, 0.5) is 0 Å². The molecule has 104 valence electrons. The van der Waals surface area contributed by atoms with Gasteiger partial charge in [-0.2, -0.15) is 0 Å². The van der Waals surface area contributed by atoms with Crippen LogP contribution in [0.25, 0.3) is 0 Å². The van der Waals surface area contributed by atoms with Crippen molar-refractivity contribution < 1.29 is 9.84 Å². The van der Waals surface area contributed by atoms with Gasteiger partial charge in [-0.15, -0.1) is 0 Å². The van der Waals surface area contributed by atoms with E-state index < -0.39 is 0 Å². The average molecular weight is 325 g/mol. The Morgan fingerprint density at radius 3 is 2.74 bits per heavy atom. The lowest BCUT2D eigenvalue weighted by molar-refractivity contribution is -0.0816. The number of aromatic hydroxyl groups is 1. The van der Waals surface area contributed by atoms with Gasteiger partial charge in [0, 0.05) is 5.92 Å². The van der Waals surface area contributed by atoms with Crippen molar-refractivity contribution in [3.63, 3.8) is 0 Å². The topological polar surface area (TPSA) is 29.5 Å². The van der Waals surface area contributed by atoms with Gasteiger partial charge in [-0.3, -0.25) is 0 Å². The number of rotatable bonds is 0. The summed E-state index contributed by atoms with van der Waals surface area (Å²) >= 11 is 3.37. The van der Waals surface area contributed by atoms with Crippen LogP contribution in [0.3, 0.4) is 0 Å². The van der Waals surface area contributed by atoms with E-state index in [2.05, 4.69) is 36.7 Å². The van der Waals surface area contributed by atoms with Crippen LogP contribution in [0.2, 0.25) is 0 Å². The van der Waals surface area contributed by atoms with E-state index in [-0.39, 0.29) is 5.60 Å². The van der Waals surface area contributed by atoms with Gasteiger partial charge >= 0.3 is 0 Å². The quantitative estimate of drug-likeness (QED) is 0.751. The summed E-state index contributed by atoms with van der Waals surface area (Å²) in [6, 6.07) is 3.76. The molecule has 1 aromatic carbocycles. The zero-order valence-electron chi connectivity index (χ0n) is 11.8. The highest BCUT2D eigenvalue weighted by molar-refractivity contribution is 9.10. The van der Waals surface area contributed by atoms with E-state index in [0.29, 0.717) is 21.6 Å². The number of phenols is 1. The minimum absolute atomic E-state index is 0.0643. The summed E-state index contributed by atoms with van der Waals surface area (Å²) in [5.74, 6) is 1.75. The second-order valence-electron chi connectivity index (χ2n) is 6.92. The zero-order chi connectivity index (χ0) is 13.8. The molecule has 0 saturated heterocycles. The molecule has 1 saturated carbocycles. The zero-order valence-corrected chi connectivity index (χ0v) is 13.4. The first-order valence-electron chi connectivity index (χ1n) is 7.02. The number of hydrogen-bond donors (Lipinski definition) is 1. The third-order valence-corrected chi connectivity index (χ3v) is 5.71. The summed E-state index contributed by atoms with van der Waals surface area (Å²) in [5, 5.41) is 9.86. The Balaban J connectivity index is 2.06. The van der Waals surface area contributed by atoms with Gasteiger partial charge in [0.25, 0.3) is 0 Å². The number of phenolic OH excluding ortho intramolecular Hbond substituents is 1. The molecule has 1 heterocycles. The van der Waals surface area contributed by atoms with Crippen molar-refractivity contribution >= 4 is 15.9 Å². The Bertz CT molecular complexity index is 524. The van der Waals surface area contributed by atoms with Crippen LogP contribution in [0.5, 0.6) is 11.5 Å². The van der Waals surface area contributed by atoms with Gasteiger partial charge in [-0.05, 0) is 71.6 Å². The van der Waals surface area contributed by atoms with Crippen molar-refractivity contribution in [1.29, 1.82) is 0 Å². The molecule has 2 unspecified atom stereocenters. The summed E-state index contributed by atoms with van der Waals surface area (Å²) < 4.78 is 7.07. The minimum atomic E-state index is -0.0643. The summed E-state index contributed by atoms with van der Waals surface area (Å²) in [5.41, 5.74) is 1.37. The van der Waals surface area contributed by atoms with Gasteiger partial charge in [0.2, 0.25) is 0 Å². The highest BCUT2D eigenvalue weighted by atomic mass is 79.9. The number of benzene rings is 1. The summed E-state index contributed by atoms with van der Waals surface area (Å²) in [7, 11) is 0. The van der Waals surface area contributed by atoms with Crippen LogP contribution in [-0.4, -0.2) is 10.7 Å². The Hall–Kier alpha value is -0.700. The maximum atomic E-state index is 9.86. The predicted octanol–water partition coefficient (Wildman–Crippen LogP) is 4.67. The molecular weight excluding hydrogens is 304 g/mol. The van der Waals surface area contributed by atoms with E-state index in [4.69, 9.17) is 4.74 Å². The van der Waals surface area contributed by atoms with Gasteiger partial charge in [-0.1, -0.05) is 13.8 Å². The molecule has 0 aromatic heterocycles. The number of fused-ring (bicyclic) bond motifs is 2. The number of ether oxygens (including phenoxy) is 1. The lowest BCUT2D eigenvalue weighted by Gasteiger charge is -2.53. The van der Waals surface area contributed by atoms with Gasteiger partial charge in [0.05, 0.1) is 4.47 Å². The third kappa shape index (κ3) is 2.06. The van der Waals surface area contributed by atoms with E-state index >= 15 is 0 Å². The molecular formula is C16H21BrO2. The van der Waals surface area contributed by atoms with E-state index in [0.717, 1.165) is 24.2 Å². The van der Waals surface area contributed by atoms with E-state index in [1.54, 1.807) is 0 Å². The van der Waals surface area contributed by atoms with Gasteiger partial charge in [0.15, 0.2) is 0 Å². The maximum absolute atomic E-state index is 9.86. The molecule has 1 aliphatic heterocycles. The van der Waals surface area contributed by atoms with E-state index in [1.807, 2.05) is 12.1 Å². The fraction of sp³-hybridized carbons (Fsp3) is 0.625. The van der Waals surface area contributed by atoms with Gasteiger partial charge in [-0.25, -0.2) is 0 Å². The van der Waals surface area contributed by atoms with Crippen LogP contribution < -0.4 is 4.74 Å². The lowest BCUT2D eigenvalue weighted by Crippen LogP contribution is -2.53. The minimum Gasteiger partial charge on any atom is -0.507 e. The predicted molar refractivity (Wildman–Crippen MR) is 79.7 cm³/mol. The molecule has 19 heavy (non-hydrogen) atoms. The molecule has 3 rings (SSSR count). The lowest BCUT2D eigenvalue weighted by atomic mass is 9.59. The molecule has 1 N–H and O–H groups in total. The normalized spacial score (nSPS) is 32.1. The largest absolute Gasteiger partial charge is 0.507 e. The molecule has 2 aliphatic rings. The molecule has 1 fully saturated rings. The van der Waals surface area contributed by atoms with Crippen molar-refractivity contribution in [2.24, 2.45) is 11.3 Å². The molecule has 0 amide bonds. The first kappa shape index (κ1) is 13.3. The van der Waals surface area contributed by atoms with E-state index in [9.17, 15) is 5.11 Å². The Morgan fingerprint density at radius 2 is 2.00 bits per heavy atom. The molecule has 0 bridgehead atoms. The van der Waals surface area contributed by atoms with Crippen LogP contribution in [0, 0.1) is 11.3 Å². The highest BCUT2D eigenvalue weighted by Crippen LogP contribution is 2.53. The summed E-state index contributed by atoms with van der Waals surface area (Å²) in [6.45, 7) is 6.95. The fourth-order valence-electron chi connectivity index (χ4n) is 4.00. The number of halogens is 1. The average Bonchev–Trinajstić information content (AvgIpc) is 2.29. The van der Waals surface area contributed by atoms with Gasteiger partial charge < -0.3 is 9.84 Å². The Labute approximate surface area is 123 Å². The molecule has 0 spiro atoms. The summed E-state index contributed by atoms with van der Waals surface area (Å²) in [6.07, 6.45) is 4.61. The van der Waals surface area contributed by atoms with Crippen molar-refractivity contribution in [2.75, 3.05) is 0 Å². The molecule has 3 heteroatoms. The second kappa shape index (κ2) is 4.15. The van der Waals surface area contributed by atoms with Crippen LogP contribution >= 0.6 is 15.9 Å². The highest BCUT2D eigenvalue weighted by Gasteiger charge is 2.50. The first-order chi connectivity index (χ1) is 8.82. The van der Waals surface area contributed by atoms with E-state index in [1.165, 1.54) is 12.8 Å². The molecule has 1 aliphatic carbocycles. The monoisotopic (exact) mass is 324 g/mol. The maximum Gasteiger partial charge on any atom is 0.130 e. The van der Waals surface area contributed by atoms with Crippen LogP contribution in [-0.2, 0) is 6.42 Å². The smallest absolute Gasteiger partial charge is 0.130 e. The van der Waals surface area contributed by atoms with Crippen molar-refractivity contribution in [2.45, 2.75) is 52.1 Å².